The molecule has 0 amide bonds. The molecule has 1 fully saturated rings. The molecule has 20 heavy (non-hydrogen) atoms. The summed E-state index contributed by atoms with van der Waals surface area (Å²) in [4.78, 5) is 4.45. The Balaban J connectivity index is 2.30. The molecule has 0 bridgehead atoms. The van der Waals surface area contributed by atoms with E-state index in [0.717, 1.165) is 12.0 Å². The predicted octanol–water partition coefficient (Wildman–Crippen LogP) is 3.07. The molecule has 1 aliphatic heterocycles. The lowest BCUT2D eigenvalue weighted by molar-refractivity contribution is 0.00578. The average molecular weight is 275 g/mol. The van der Waals surface area contributed by atoms with Gasteiger partial charge in [-0.2, -0.15) is 0 Å². The van der Waals surface area contributed by atoms with Crippen molar-refractivity contribution >= 4 is 12.7 Å². The monoisotopic (exact) mass is 275 g/mol. The van der Waals surface area contributed by atoms with E-state index in [2.05, 4.69) is 65.6 Å². The highest BCUT2D eigenvalue weighted by atomic mass is 16.7. The molecule has 1 aliphatic rings. The zero-order valence-electron chi connectivity index (χ0n) is 13.8. The van der Waals surface area contributed by atoms with Crippen molar-refractivity contribution in [1.29, 1.82) is 0 Å². The summed E-state index contributed by atoms with van der Waals surface area (Å²) < 4.78 is 12.1. The van der Waals surface area contributed by atoms with Gasteiger partial charge in [-0.05, 0) is 57.2 Å². The van der Waals surface area contributed by atoms with Crippen LogP contribution in [0.25, 0.3) is 0 Å². The van der Waals surface area contributed by atoms with E-state index in [0.29, 0.717) is 0 Å². The lowest BCUT2D eigenvalue weighted by atomic mass is 9.77. The molecule has 3 nitrogen and oxygen atoms in total. The minimum Gasteiger partial charge on any atom is -0.398 e. The summed E-state index contributed by atoms with van der Waals surface area (Å²) in [5, 5.41) is 0. The van der Waals surface area contributed by atoms with Crippen LogP contribution >= 0.6 is 0 Å². The number of rotatable bonds is 3. The van der Waals surface area contributed by atoms with Gasteiger partial charge in [-0.15, -0.1) is 0 Å². The van der Waals surface area contributed by atoms with Crippen LogP contribution in [0.3, 0.4) is 0 Å². The molecule has 2 heterocycles. The Bertz CT molecular complexity index is 481. The van der Waals surface area contributed by atoms with Gasteiger partial charge >= 0.3 is 7.12 Å². The van der Waals surface area contributed by atoms with Crippen LogP contribution in [0.1, 0.15) is 60.5 Å². The molecule has 1 saturated heterocycles. The summed E-state index contributed by atoms with van der Waals surface area (Å²) >= 11 is 0. The summed E-state index contributed by atoms with van der Waals surface area (Å²) in [6.07, 6.45) is 2.94. The Morgan fingerprint density at radius 3 is 2.20 bits per heavy atom. The highest BCUT2D eigenvalue weighted by Gasteiger charge is 2.52. The van der Waals surface area contributed by atoms with E-state index >= 15 is 0 Å². The van der Waals surface area contributed by atoms with E-state index in [1.165, 1.54) is 5.56 Å². The van der Waals surface area contributed by atoms with Crippen molar-refractivity contribution in [2.75, 3.05) is 0 Å². The Labute approximate surface area is 123 Å². The predicted molar refractivity (Wildman–Crippen MR) is 83.3 cm³/mol. The first-order chi connectivity index (χ1) is 9.09. The largest absolute Gasteiger partial charge is 0.514 e. The molecule has 4 heteroatoms. The minimum atomic E-state index is -0.382. The second kappa shape index (κ2) is 4.85. The van der Waals surface area contributed by atoms with E-state index in [4.69, 9.17) is 9.31 Å². The highest BCUT2D eigenvalue weighted by molar-refractivity contribution is 6.61. The lowest BCUT2D eigenvalue weighted by Gasteiger charge is -2.32. The minimum absolute atomic E-state index is 0.140. The molecule has 1 aromatic heterocycles. The van der Waals surface area contributed by atoms with Crippen molar-refractivity contribution in [1.82, 2.24) is 4.98 Å². The SMILES string of the molecule is CCC(C)(C)c1ccnc(B2OC(C)(C)C(C)(C)O2)c1. The molecule has 0 aliphatic carbocycles. The number of hydrogen-bond donors (Lipinski definition) is 0. The van der Waals surface area contributed by atoms with E-state index in [-0.39, 0.29) is 23.7 Å². The van der Waals surface area contributed by atoms with Crippen LogP contribution in [0.15, 0.2) is 18.3 Å². The van der Waals surface area contributed by atoms with Gasteiger partial charge in [-0.3, -0.25) is 4.98 Å². The third kappa shape index (κ3) is 2.64. The second-order valence-corrected chi connectivity index (χ2v) is 7.30. The third-order valence-electron chi connectivity index (χ3n) is 4.94. The average Bonchev–Trinajstić information content (AvgIpc) is 2.59. The van der Waals surface area contributed by atoms with Crippen LogP contribution in [0.2, 0.25) is 0 Å². The Kier molecular flexibility index (Phi) is 3.76. The number of aromatic nitrogens is 1. The molecule has 110 valence electrons. The summed E-state index contributed by atoms with van der Waals surface area (Å²) in [5.74, 6) is 0. The van der Waals surface area contributed by atoms with Crippen LogP contribution < -0.4 is 5.59 Å². The van der Waals surface area contributed by atoms with Crippen LogP contribution in [-0.2, 0) is 14.7 Å². The smallest absolute Gasteiger partial charge is 0.398 e. The number of pyridine rings is 1. The fourth-order valence-corrected chi connectivity index (χ4v) is 2.17. The number of nitrogens with zero attached hydrogens (tertiary/aromatic N) is 1. The molecule has 0 aromatic carbocycles. The lowest BCUT2D eigenvalue weighted by Crippen LogP contribution is -2.41. The Morgan fingerprint density at radius 1 is 1.15 bits per heavy atom. The van der Waals surface area contributed by atoms with Gasteiger partial charge < -0.3 is 9.31 Å². The molecule has 0 N–H and O–H groups in total. The van der Waals surface area contributed by atoms with Gasteiger partial charge in [0.25, 0.3) is 0 Å². The molecule has 2 rings (SSSR count). The zero-order valence-corrected chi connectivity index (χ0v) is 13.8. The van der Waals surface area contributed by atoms with E-state index < -0.39 is 0 Å². The van der Waals surface area contributed by atoms with Crippen molar-refractivity contribution in [3.63, 3.8) is 0 Å². The molecule has 0 radical (unpaired) electrons. The maximum Gasteiger partial charge on any atom is 0.514 e. The van der Waals surface area contributed by atoms with Crippen LogP contribution in [0, 0.1) is 0 Å². The maximum absolute atomic E-state index is 6.07. The highest BCUT2D eigenvalue weighted by Crippen LogP contribution is 2.36. The van der Waals surface area contributed by atoms with Gasteiger partial charge in [0.15, 0.2) is 0 Å². The van der Waals surface area contributed by atoms with Crippen molar-refractivity contribution < 1.29 is 9.31 Å². The molecule has 1 aromatic rings. The summed E-state index contributed by atoms with van der Waals surface area (Å²) in [5.41, 5.74) is 1.63. The van der Waals surface area contributed by atoms with Crippen molar-refractivity contribution in [3.05, 3.63) is 23.9 Å². The summed E-state index contributed by atoms with van der Waals surface area (Å²) in [6.45, 7) is 14.9. The standard InChI is InChI=1S/C16H26BNO2/c1-8-14(2,3)12-9-10-18-13(11-12)17-19-15(4,5)16(6,7)20-17/h9-11H,8H2,1-7H3. The van der Waals surface area contributed by atoms with Crippen molar-refractivity contribution in [3.8, 4) is 0 Å². The molecular weight excluding hydrogens is 249 g/mol. The molecule has 0 saturated carbocycles. The van der Waals surface area contributed by atoms with Crippen LogP contribution in [0.5, 0.6) is 0 Å². The first-order valence-corrected chi connectivity index (χ1v) is 7.41. The normalized spacial score (nSPS) is 21.2. The molecule has 0 unspecified atom stereocenters. The third-order valence-corrected chi connectivity index (χ3v) is 4.94. The van der Waals surface area contributed by atoms with Crippen molar-refractivity contribution in [2.45, 2.75) is 71.5 Å². The Hall–Kier alpha value is -0.865. The first kappa shape index (κ1) is 15.5. The van der Waals surface area contributed by atoms with Gasteiger partial charge in [0.2, 0.25) is 0 Å². The summed E-state index contributed by atoms with van der Waals surface area (Å²) in [7, 11) is -0.382. The second-order valence-electron chi connectivity index (χ2n) is 7.30. The molecule has 0 spiro atoms. The zero-order chi connectivity index (χ0) is 15.2. The first-order valence-electron chi connectivity index (χ1n) is 7.41. The van der Waals surface area contributed by atoms with Gasteiger partial charge in [-0.1, -0.05) is 20.8 Å². The molecular formula is C16H26BNO2. The van der Waals surface area contributed by atoms with Gasteiger partial charge in [-0.25, -0.2) is 0 Å². The van der Waals surface area contributed by atoms with Gasteiger partial charge in [0, 0.05) is 6.20 Å². The number of hydrogen-bond acceptors (Lipinski definition) is 3. The van der Waals surface area contributed by atoms with Crippen LogP contribution in [0.4, 0.5) is 0 Å². The fraction of sp³-hybridized carbons (Fsp3) is 0.688. The van der Waals surface area contributed by atoms with E-state index in [1.54, 1.807) is 0 Å². The quantitative estimate of drug-likeness (QED) is 0.794. The Morgan fingerprint density at radius 2 is 1.70 bits per heavy atom. The molecule has 0 atom stereocenters. The fourth-order valence-electron chi connectivity index (χ4n) is 2.17. The maximum atomic E-state index is 6.07. The summed E-state index contributed by atoms with van der Waals surface area (Å²) in [6, 6.07) is 4.20. The van der Waals surface area contributed by atoms with E-state index in [9.17, 15) is 0 Å². The van der Waals surface area contributed by atoms with Gasteiger partial charge in [0.05, 0.1) is 16.8 Å². The van der Waals surface area contributed by atoms with Crippen LogP contribution in [-0.4, -0.2) is 23.3 Å². The topological polar surface area (TPSA) is 31.4 Å². The van der Waals surface area contributed by atoms with Gasteiger partial charge in [0.1, 0.15) is 0 Å². The van der Waals surface area contributed by atoms with Crippen molar-refractivity contribution in [2.24, 2.45) is 0 Å². The van der Waals surface area contributed by atoms with E-state index in [1.807, 2.05) is 6.20 Å².